The fourth-order valence-electron chi connectivity index (χ4n) is 0.595. The van der Waals surface area contributed by atoms with Gasteiger partial charge in [0.05, 0.1) is 12.0 Å². The molecule has 5 heteroatoms. The van der Waals surface area contributed by atoms with Gasteiger partial charge in [-0.2, -0.15) is 0 Å². The fraction of sp³-hybridized carbons (Fsp3) is 0.714. The molecule has 12 heavy (non-hydrogen) atoms. The van der Waals surface area contributed by atoms with Gasteiger partial charge in [-0.15, -0.1) is 21.8 Å². The zero-order valence-corrected chi connectivity index (χ0v) is 8.65. The molecule has 0 aliphatic carbocycles. The minimum absolute atomic E-state index is 0.195. The Morgan fingerprint density at radius 2 is 2.33 bits per heavy atom. The Balaban J connectivity index is 2.52. The molecule has 0 saturated heterocycles. The summed E-state index contributed by atoms with van der Waals surface area (Å²) in [5.41, 5.74) is 0. The van der Waals surface area contributed by atoms with Crippen molar-refractivity contribution in [3.8, 4) is 5.19 Å². The van der Waals surface area contributed by atoms with E-state index in [-0.39, 0.29) is 6.10 Å². The third-order valence-electron chi connectivity index (χ3n) is 1.44. The van der Waals surface area contributed by atoms with Gasteiger partial charge in [0.15, 0.2) is 0 Å². The third kappa shape index (κ3) is 2.60. The summed E-state index contributed by atoms with van der Waals surface area (Å²) < 4.78 is 5.43. The van der Waals surface area contributed by atoms with Crippen molar-refractivity contribution in [1.82, 2.24) is 10.2 Å². The first-order chi connectivity index (χ1) is 5.76. The molecule has 1 atom stereocenters. The summed E-state index contributed by atoms with van der Waals surface area (Å²) in [6.07, 6.45) is 1.16. The van der Waals surface area contributed by atoms with Gasteiger partial charge in [-0.05, 0) is 13.3 Å². The molecule has 0 radical (unpaired) electrons. The van der Waals surface area contributed by atoms with E-state index in [4.69, 9.17) is 16.3 Å². The van der Waals surface area contributed by atoms with Crippen molar-refractivity contribution in [2.45, 2.75) is 32.3 Å². The second kappa shape index (κ2) is 4.62. The molecule has 0 aliphatic heterocycles. The van der Waals surface area contributed by atoms with Crippen LogP contribution >= 0.6 is 22.9 Å². The molecule has 0 bridgehead atoms. The lowest BCUT2D eigenvalue weighted by Gasteiger charge is -2.07. The topological polar surface area (TPSA) is 35.0 Å². The molecule has 0 spiro atoms. The summed E-state index contributed by atoms with van der Waals surface area (Å²) in [7, 11) is 0. The van der Waals surface area contributed by atoms with Crippen molar-refractivity contribution in [2.75, 3.05) is 0 Å². The summed E-state index contributed by atoms with van der Waals surface area (Å²) in [6, 6.07) is 0. The lowest BCUT2D eigenvalue weighted by Crippen LogP contribution is -2.09. The molecule has 1 aromatic heterocycles. The quantitative estimate of drug-likeness (QED) is 0.710. The monoisotopic (exact) mass is 206 g/mol. The van der Waals surface area contributed by atoms with E-state index in [0.29, 0.717) is 11.1 Å². The SMILES string of the molecule is CCC(C)Oc1nnc(CCl)s1. The zero-order chi connectivity index (χ0) is 8.97. The molecule has 3 nitrogen and oxygen atoms in total. The predicted octanol–water partition coefficient (Wildman–Crippen LogP) is 2.45. The maximum Gasteiger partial charge on any atom is 0.294 e. The summed E-state index contributed by atoms with van der Waals surface area (Å²) in [6.45, 7) is 4.07. The van der Waals surface area contributed by atoms with Crippen molar-refractivity contribution in [2.24, 2.45) is 0 Å². The minimum Gasteiger partial charge on any atom is -0.466 e. The van der Waals surface area contributed by atoms with Crippen molar-refractivity contribution in [3.63, 3.8) is 0 Å². The lowest BCUT2D eigenvalue weighted by atomic mass is 10.3. The van der Waals surface area contributed by atoms with Gasteiger partial charge >= 0.3 is 0 Å². The molecular weight excluding hydrogens is 196 g/mol. The van der Waals surface area contributed by atoms with Crippen LogP contribution in [-0.4, -0.2) is 16.3 Å². The molecule has 1 heterocycles. The molecule has 1 unspecified atom stereocenters. The number of alkyl halides is 1. The number of nitrogens with zero attached hydrogens (tertiary/aromatic N) is 2. The Bertz CT molecular complexity index is 241. The second-order valence-electron chi connectivity index (χ2n) is 2.43. The van der Waals surface area contributed by atoms with Gasteiger partial charge in [-0.3, -0.25) is 0 Å². The van der Waals surface area contributed by atoms with Gasteiger partial charge in [0.1, 0.15) is 5.01 Å². The average molecular weight is 207 g/mol. The highest BCUT2D eigenvalue weighted by Gasteiger charge is 2.06. The maximum atomic E-state index is 5.56. The molecule has 68 valence electrons. The average Bonchev–Trinajstić information content (AvgIpc) is 2.52. The first kappa shape index (κ1) is 9.74. The van der Waals surface area contributed by atoms with Gasteiger partial charge in [-0.25, -0.2) is 0 Å². The Hall–Kier alpha value is -0.350. The molecule has 0 amide bonds. The molecule has 1 rings (SSSR count). The van der Waals surface area contributed by atoms with Gasteiger partial charge < -0.3 is 4.74 Å². The second-order valence-corrected chi connectivity index (χ2v) is 3.72. The number of halogens is 1. The maximum absolute atomic E-state index is 5.56. The summed E-state index contributed by atoms with van der Waals surface area (Å²) >= 11 is 6.96. The van der Waals surface area contributed by atoms with Crippen LogP contribution in [0.4, 0.5) is 0 Å². The lowest BCUT2D eigenvalue weighted by molar-refractivity contribution is 0.215. The van der Waals surface area contributed by atoms with E-state index < -0.39 is 0 Å². The number of hydrogen-bond acceptors (Lipinski definition) is 4. The molecule has 0 aliphatic rings. The van der Waals surface area contributed by atoms with E-state index in [2.05, 4.69) is 17.1 Å². The predicted molar refractivity (Wildman–Crippen MR) is 49.8 cm³/mol. The Morgan fingerprint density at radius 3 is 2.83 bits per heavy atom. The van der Waals surface area contributed by atoms with Gasteiger partial charge in [0, 0.05) is 0 Å². The van der Waals surface area contributed by atoms with Crippen molar-refractivity contribution in [3.05, 3.63) is 5.01 Å². The van der Waals surface area contributed by atoms with Crippen LogP contribution in [0.2, 0.25) is 0 Å². The van der Waals surface area contributed by atoms with Gasteiger partial charge in [0.2, 0.25) is 0 Å². The van der Waals surface area contributed by atoms with Crippen LogP contribution in [0.3, 0.4) is 0 Å². The minimum atomic E-state index is 0.195. The smallest absolute Gasteiger partial charge is 0.294 e. The number of rotatable bonds is 4. The Labute approximate surface area is 80.7 Å². The van der Waals surface area contributed by atoms with E-state index in [9.17, 15) is 0 Å². The van der Waals surface area contributed by atoms with Crippen molar-refractivity contribution < 1.29 is 4.74 Å². The summed E-state index contributed by atoms with van der Waals surface area (Å²) in [4.78, 5) is 0. The molecule has 1 aromatic rings. The molecule has 0 N–H and O–H groups in total. The van der Waals surface area contributed by atoms with Crippen molar-refractivity contribution >= 4 is 22.9 Å². The Kier molecular flexibility index (Phi) is 3.75. The van der Waals surface area contributed by atoms with Crippen LogP contribution < -0.4 is 4.74 Å². The summed E-state index contributed by atoms with van der Waals surface area (Å²) in [5, 5.41) is 9.08. The number of hydrogen-bond donors (Lipinski definition) is 0. The van der Waals surface area contributed by atoms with Crippen LogP contribution in [0.5, 0.6) is 5.19 Å². The zero-order valence-electron chi connectivity index (χ0n) is 7.08. The van der Waals surface area contributed by atoms with Gasteiger partial charge in [-0.1, -0.05) is 18.3 Å². The fourth-order valence-corrected chi connectivity index (χ4v) is 1.44. The van der Waals surface area contributed by atoms with E-state index >= 15 is 0 Å². The highest BCUT2D eigenvalue weighted by atomic mass is 35.5. The molecule has 0 saturated carbocycles. The van der Waals surface area contributed by atoms with Crippen molar-refractivity contribution in [1.29, 1.82) is 0 Å². The third-order valence-corrected chi connectivity index (χ3v) is 2.67. The van der Waals surface area contributed by atoms with Gasteiger partial charge in [0.25, 0.3) is 5.19 Å². The normalized spacial score (nSPS) is 12.9. The van der Waals surface area contributed by atoms with Crippen LogP contribution in [0.1, 0.15) is 25.3 Å². The van der Waals surface area contributed by atoms with Crippen LogP contribution in [-0.2, 0) is 5.88 Å². The van der Waals surface area contributed by atoms with Crippen LogP contribution in [0.25, 0.3) is 0 Å². The van der Waals surface area contributed by atoms with E-state index in [1.807, 2.05) is 6.92 Å². The highest BCUT2D eigenvalue weighted by Crippen LogP contribution is 2.20. The number of aromatic nitrogens is 2. The van der Waals surface area contributed by atoms with Crippen LogP contribution in [0.15, 0.2) is 0 Å². The molecular formula is C7H11ClN2OS. The highest BCUT2D eigenvalue weighted by molar-refractivity contribution is 7.13. The molecule has 0 aromatic carbocycles. The standard InChI is InChI=1S/C7H11ClN2OS/c1-3-5(2)11-7-10-9-6(4-8)12-7/h5H,3-4H2,1-2H3. The Morgan fingerprint density at radius 1 is 1.58 bits per heavy atom. The van der Waals surface area contributed by atoms with E-state index in [0.717, 1.165) is 11.4 Å². The molecule has 0 fully saturated rings. The van der Waals surface area contributed by atoms with E-state index in [1.54, 1.807) is 0 Å². The number of ether oxygens (including phenoxy) is 1. The van der Waals surface area contributed by atoms with Crippen LogP contribution in [0, 0.1) is 0 Å². The first-order valence-electron chi connectivity index (χ1n) is 3.81. The largest absolute Gasteiger partial charge is 0.466 e. The first-order valence-corrected chi connectivity index (χ1v) is 5.16. The summed E-state index contributed by atoms with van der Waals surface area (Å²) in [5.74, 6) is 0.404. The van der Waals surface area contributed by atoms with E-state index in [1.165, 1.54) is 11.3 Å².